The molecule has 3 rings (SSSR count). The van der Waals surface area contributed by atoms with Gasteiger partial charge in [-0.3, -0.25) is 28.8 Å². The van der Waals surface area contributed by atoms with Crippen molar-refractivity contribution < 1.29 is 14.3 Å². The van der Waals surface area contributed by atoms with Crippen LogP contribution < -0.4 is 21.9 Å². The standard InChI is InChI=1S/C24H30N6O5/c1-14(2)13-29-21(25)19(22(32)26-24(29)34)28(11-12-35-5)23(33)20(31)18-15(3)27-30(16(18)4)17-9-7-6-8-10-17/h6-10,14H,11-13,25H2,1-5H3,(H,26,32,34). The summed E-state index contributed by atoms with van der Waals surface area (Å²) >= 11 is 0. The summed E-state index contributed by atoms with van der Waals surface area (Å²) in [7, 11) is 1.43. The van der Waals surface area contributed by atoms with Gasteiger partial charge in [0.25, 0.3) is 17.2 Å². The molecule has 0 saturated carbocycles. The number of aryl methyl sites for hydroxylation is 1. The number of H-pyrrole nitrogens is 1. The van der Waals surface area contributed by atoms with Gasteiger partial charge in [0.2, 0.25) is 0 Å². The molecule has 3 N–H and O–H groups in total. The zero-order chi connectivity index (χ0) is 25.9. The number of hydrogen-bond donors (Lipinski definition) is 2. The molecule has 1 aromatic carbocycles. The lowest BCUT2D eigenvalue weighted by Crippen LogP contribution is -2.45. The van der Waals surface area contributed by atoms with Gasteiger partial charge in [-0.05, 0) is 31.9 Å². The molecule has 0 fully saturated rings. The van der Waals surface area contributed by atoms with E-state index < -0.39 is 22.9 Å². The van der Waals surface area contributed by atoms with Gasteiger partial charge in [-0.15, -0.1) is 0 Å². The third kappa shape index (κ3) is 5.09. The molecule has 2 aromatic heterocycles. The summed E-state index contributed by atoms with van der Waals surface area (Å²) < 4.78 is 7.86. The molecule has 0 atom stereocenters. The quantitative estimate of drug-likeness (QED) is 0.347. The third-order valence-electron chi connectivity index (χ3n) is 5.51. The number of benzene rings is 1. The molecule has 11 nitrogen and oxygen atoms in total. The first-order valence-electron chi connectivity index (χ1n) is 11.2. The summed E-state index contributed by atoms with van der Waals surface area (Å²) in [6.45, 7) is 7.21. The normalized spacial score (nSPS) is 11.1. The van der Waals surface area contributed by atoms with Crippen LogP contribution in [0.4, 0.5) is 11.5 Å². The number of nitrogen functional groups attached to an aromatic ring is 1. The Morgan fingerprint density at radius 1 is 1.17 bits per heavy atom. The van der Waals surface area contributed by atoms with Crippen LogP contribution in [0.2, 0.25) is 0 Å². The number of anilines is 2. The molecule has 0 aliphatic rings. The van der Waals surface area contributed by atoms with Gasteiger partial charge in [0.1, 0.15) is 5.82 Å². The Morgan fingerprint density at radius 2 is 1.83 bits per heavy atom. The van der Waals surface area contributed by atoms with E-state index in [0.29, 0.717) is 11.4 Å². The second kappa shape index (κ2) is 10.5. The van der Waals surface area contributed by atoms with Gasteiger partial charge in [0, 0.05) is 13.7 Å². The highest BCUT2D eigenvalue weighted by molar-refractivity contribution is 6.47. The number of nitrogens with zero attached hydrogens (tertiary/aromatic N) is 4. The highest BCUT2D eigenvalue weighted by Gasteiger charge is 2.32. The average Bonchev–Trinajstić information content (AvgIpc) is 3.11. The highest BCUT2D eigenvalue weighted by atomic mass is 16.5. The lowest BCUT2D eigenvalue weighted by molar-refractivity contribution is -0.114. The Morgan fingerprint density at radius 3 is 2.43 bits per heavy atom. The number of ketones is 1. The minimum absolute atomic E-state index is 0.0302. The van der Waals surface area contributed by atoms with E-state index in [1.165, 1.54) is 11.7 Å². The summed E-state index contributed by atoms with van der Waals surface area (Å²) in [6.07, 6.45) is 0. The van der Waals surface area contributed by atoms with E-state index in [9.17, 15) is 19.2 Å². The number of Topliss-reactive ketones (excluding diaryl/α,β-unsaturated/α-hetero) is 1. The zero-order valence-corrected chi connectivity index (χ0v) is 20.5. The van der Waals surface area contributed by atoms with Gasteiger partial charge in [0.05, 0.1) is 35.8 Å². The van der Waals surface area contributed by atoms with Crippen LogP contribution in [-0.4, -0.2) is 51.3 Å². The number of aromatic nitrogens is 4. The number of ether oxygens (including phenoxy) is 1. The Bertz CT molecular complexity index is 1350. The van der Waals surface area contributed by atoms with Crippen molar-refractivity contribution in [2.75, 3.05) is 30.9 Å². The van der Waals surface area contributed by atoms with Crippen molar-refractivity contribution >= 4 is 23.2 Å². The van der Waals surface area contributed by atoms with Crippen LogP contribution in [0.5, 0.6) is 0 Å². The molecule has 35 heavy (non-hydrogen) atoms. The van der Waals surface area contributed by atoms with E-state index in [4.69, 9.17) is 10.5 Å². The fraction of sp³-hybridized carbons (Fsp3) is 0.375. The number of methoxy groups -OCH3 is 1. The second-order valence-corrected chi connectivity index (χ2v) is 8.57. The van der Waals surface area contributed by atoms with Gasteiger partial charge in [-0.1, -0.05) is 32.0 Å². The largest absolute Gasteiger partial charge is 0.383 e. The van der Waals surface area contributed by atoms with E-state index in [1.54, 1.807) is 18.5 Å². The third-order valence-corrected chi connectivity index (χ3v) is 5.51. The molecule has 0 saturated heterocycles. The predicted octanol–water partition coefficient (Wildman–Crippen LogP) is 1.44. The van der Waals surface area contributed by atoms with Crippen molar-refractivity contribution in [1.82, 2.24) is 19.3 Å². The number of carbonyl (C=O) groups excluding carboxylic acids is 2. The Hall–Kier alpha value is -3.99. The first kappa shape index (κ1) is 25.6. The maximum absolute atomic E-state index is 13.5. The summed E-state index contributed by atoms with van der Waals surface area (Å²) in [5.74, 6) is -1.99. The summed E-state index contributed by atoms with van der Waals surface area (Å²) in [5, 5.41) is 4.43. The van der Waals surface area contributed by atoms with Crippen LogP contribution in [0.15, 0.2) is 39.9 Å². The van der Waals surface area contributed by atoms with Crippen LogP contribution in [0.1, 0.15) is 35.6 Å². The number of aromatic amines is 1. The number of hydrogen-bond acceptors (Lipinski definition) is 7. The fourth-order valence-corrected chi connectivity index (χ4v) is 3.90. The summed E-state index contributed by atoms with van der Waals surface area (Å²) in [6, 6.07) is 9.20. The number of nitrogens with one attached hydrogen (secondary N) is 1. The van der Waals surface area contributed by atoms with Crippen LogP contribution in [0, 0.1) is 19.8 Å². The van der Waals surface area contributed by atoms with Crippen molar-refractivity contribution in [2.24, 2.45) is 5.92 Å². The maximum Gasteiger partial charge on any atom is 0.330 e. The lowest BCUT2D eigenvalue weighted by atomic mass is 10.1. The molecular weight excluding hydrogens is 452 g/mol. The molecule has 0 aliphatic heterocycles. The van der Waals surface area contributed by atoms with Crippen LogP contribution in [-0.2, 0) is 16.1 Å². The number of nitrogens with two attached hydrogens (primary N) is 1. The topological polar surface area (TPSA) is 145 Å². The minimum Gasteiger partial charge on any atom is -0.383 e. The molecule has 0 unspecified atom stereocenters. The molecule has 11 heteroatoms. The van der Waals surface area contributed by atoms with E-state index in [-0.39, 0.29) is 42.7 Å². The second-order valence-electron chi connectivity index (χ2n) is 8.57. The maximum atomic E-state index is 13.5. The van der Waals surface area contributed by atoms with Gasteiger partial charge in [0.15, 0.2) is 5.69 Å². The first-order valence-corrected chi connectivity index (χ1v) is 11.2. The fourth-order valence-electron chi connectivity index (χ4n) is 3.90. The summed E-state index contributed by atoms with van der Waals surface area (Å²) in [4.78, 5) is 55.3. The molecule has 2 heterocycles. The Labute approximate surface area is 202 Å². The molecule has 1 amide bonds. The van der Waals surface area contributed by atoms with Crippen LogP contribution in [0.25, 0.3) is 5.69 Å². The average molecular weight is 483 g/mol. The lowest BCUT2D eigenvalue weighted by Gasteiger charge is -2.24. The van der Waals surface area contributed by atoms with E-state index >= 15 is 0 Å². The number of carbonyl (C=O) groups is 2. The van der Waals surface area contributed by atoms with E-state index in [1.807, 2.05) is 44.2 Å². The number of rotatable bonds is 9. The van der Waals surface area contributed by atoms with Gasteiger partial charge in [-0.2, -0.15) is 5.10 Å². The van der Waals surface area contributed by atoms with Gasteiger partial charge in [-0.25, -0.2) is 9.48 Å². The SMILES string of the molecule is COCCN(C(=O)C(=O)c1c(C)nn(-c2ccccc2)c1C)c1c(N)n(CC(C)C)c(=O)[nH]c1=O. The molecule has 0 radical (unpaired) electrons. The number of para-hydroxylation sites is 1. The molecule has 186 valence electrons. The van der Waals surface area contributed by atoms with E-state index in [2.05, 4.69) is 10.1 Å². The molecular formula is C24H30N6O5. The van der Waals surface area contributed by atoms with Crippen molar-refractivity contribution in [3.8, 4) is 5.69 Å². The highest BCUT2D eigenvalue weighted by Crippen LogP contribution is 2.22. The van der Waals surface area contributed by atoms with Crippen LogP contribution >= 0.6 is 0 Å². The van der Waals surface area contributed by atoms with E-state index in [0.717, 1.165) is 10.6 Å². The van der Waals surface area contributed by atoms with Crippen molar-refractivity contribution in [3.05, 3.63) is 68.1 Å². The number of amides is 1. The zero-order valence-electron chi connectivity index (χ0n) is 20.5. The molecule has 0 bridgehead atoms. The monoisotopic (exact) mass is 482 g/mol. The first-order chi connectivity index (χ1) is 16.6. The molecule has 0 spiro atoms. The van der Waals surface area contributed by atoms with Crippen molar-refractivity contribution in [3.63, 3.8) is 0 Å². The minimum atomic E-state index is -0.979. The van der Waals surface area contributed by atoms with Crippen LogP contribution in [0.3, 0.4) is 0 Å². The molecule has 0 aliphatic carbocycles. The van der Waals surface area contributed by atoms with Crippen molar-refractivity contribution in [1.29, 1.82) is 0 Å². The van der Waals surface area contributed by atoms with Gasteiger partial charge < -0.3 is 10.5 Å². The molecule has 3 aromatic rings. The van der Waals surface area contributed by atoms with Gasteiger partial charge >= 0.3 is 5.69 Å². The smallest absolute Gasteiger partial charge is 0.330 e. The Balaban J connectivity index is 2.10. The summed E-state index contributed by atoms with van der Waals surface area (Å²) in [5.41, 5.74) is 6.09. The Kier molecular flexibility index (Phi) is 7.70. The van der Waals surface area contributed by atoms with Crippen molar-refractivity contribution in [2.45, 2.75) is 34.2 Å². The predicted molar refractivity (Wildman–Crippen MR) is 132 cm³/mol.